The van der Waals surface area contributed by atoms with Crippen LogP contribution in [0.5, 0.6) is 0 Å². The van der Waals surface area contributed by atoms with Crippen LogP contribution in [0.25, 0.3) is 0 Å². The third-order valence-corrected chi connectivity index (χ3v) is 3.86. The van der Waals surface area contributed by atoms with Gasteiger partial charge in [-0.3, -0.25) is 14.7 Å². The number of allylic oxidation sites excluding steroid dienone is 2. The van der Waals surface area contributed by atoms with E-state index in [0.29, 0.717) is 0 Å². The van der Waals surface area contributed by atoms with Crippen molar-refractivity contribution in [3.8, 4) is 0 Å². The summed E-state index contributed by atoms with van der Waals surface area (Å²) < 4.78 is 28.1. The molecular formula is C6H6ClNO5S. The quantitative estimate of drug-likeness (QED) is 0.329. The van der Waals surface area contributed by atoms with Crippen LogP contribution in [0.2, 0.25) is 0 Å². The molecule has 0 aromatic rings. The van der Waals surface area contributed by atoms with Crippen molar-refractivity contribution in [2.75, 3.05) is 0 Å². The number of halogens is 1. The fourth-order valence-corrected chi connectivity index (χ4v) is 1.98. The van der Waals surface area contributed by atoms with Gasteiger partial charge in [-0.25, -0.2) is 0 Å². The zero-order valence-electron chi connectivity index (χ0n) is 6.70. The summed E-state index contributed by atoms with van der Waals surface area (Å²) in [5.74, 6) is 0. The molecule has 1 aliphatic rings. The monoisotopic (exact) mass is 239 g/mol. The first kappa shape index (κ1) is 11.2. The maximum atomic E-state index is 10.9. The Kier molecular flexibility index (Phi) is 2.66. The van der Waals surface area contributed by atoms with Gasteiger partial charge in [-0.2, -0.15) is 8.42 Å². The van der Waals surface area contributed by atoms with Crippen molar-refractivity contribution in [1.29, 1.82) is 0 Å². The van der Waals surface area contributed by atoms with Crippen molar-refractivity contribution >= 4 is 21.7 Å². The summed E-state index contributed by atoms with van der Waals surface area (Å²) in [6.45, 7) is 0. The summed E-state index contributed by atoms with van der Waals surface area (Å²) >= 11 is 5.49. The van der Waals surface area contributed by atoms with Crippen LogP contribution in [-0.4, -0.2) is 28.1 Å². The lowest BCUT2D eigenvalue weighted by atomic mass is 10.1. The Morgan fingerprint density at radius 1 is 1.50 bits per heavy atom. The molecule has 0 saturated heterocycles. The molecule has 0 amide bonds. The van der Waals surface area contributed by atoms with Crippen LogP contribution in [0.3, 0.4) is 0 Å². The molecule has 1 rings (SSSR count). The molecule has 14 heavy (non-hydrogen) atoms. The van der Waals surface area contributed by atoms with E-state index in [9.17, 15) is 18.5 Å². The summed E-state index contributed by atoms with van der Waals surface area (Å²) in [5, 5.41) is 10.5. The number of nitrogens with zero attached hydrogens (tertiary/aromatic N) is 1. The first-order valence-electron chi connectivity index (χ1n) is 3.44. The van der Waals surface area contributed by atoms with E-state index in [1.807, 2.05) is 0 Å². The van der Waals surface area contributed by atoms with Gasteiger partial charge in [0, 0.05) is 4.92 Å². The normalized spacial score (nSPS) is 31.7. The Hall–Kier alpha value is -0.920. The van der Waals surface area contributed by atoms with E-state index in [2.05, 4.69) is 0 Å². The molecule has 0 aromatic carbocycles. The highest BCUT2D eigenvalue weighted by molar-refractivity contribution is 7.89. The minimum Gasteiger partial charge on any atom is -0.284 e. The average molecular weight is 240 g/mol. The van der Waals surface area contributed by atoms with Gasteiger partial charge in [-0.15, -0.1) is 0 Å². The highest BCUT2D eigenvalue weighted by Gasteiger charge is 2.53. The van der Waals surface area contributed by atoms with Crippen molar-refractivity contribution in [2.24, 2.45) is 0 Å². The van der Waals surface area contributed by atoms with Crippen LogP contribution in [0.15, 0.2) is 24.3 Å². The highest BCUT2D eigenvalue weighted by Crippen LogP contribution is 2.32. The summed E-state index contributed by atoms with van der Waals surface area (Å²) in [7, 11) is -4.73. The van der Waals surface area contributed by atoms with Crippen LogP contribution in [0.1, 0.15) is 0 Å². The summed E-state index contributed by atoms with van der Waals surface area (Å²) in [4.78, 5) is 9.60. The van der Waals surface area contributed by atoms with Gasteiger partial charge < -0.3 is 0 Å². The van der Waals surface area contributed by atoms with Gasteiger partial charge in [0.05, 0.1) is 0 Å². The molecule has 1 aliphatic carbocycles. The second kappa shape index (κ2) is 3.34. The number of alkyl halides is 1. The van der Waals surface area contributed by atoms with Crippen LogP contribution in [0, 0.1) is 10.1 Å². The van der Waals surface area contributed by atoms with E-state index in [1.54, 1.807) is 0 Å². The first-order chi connectivity index (χ1) is 6.29. The molecule has 78 valence electrons. The zero-order chi connectivity index (χ0) is 11.0. The molecule has 2 unspecified atom stereocenters. The van der Waals surface area contributed by atoms with Crippen molar-refractivity contribution < 1.29 is 17.9 Å². The minimum atomic E-state index is -4.73. The van der Waals surface area contributed by atoms with Crippen LogP contribution in [-0.2, 0) is 10.1 Å². The molecule has 0 spiro atoms. The van der Waals surface area contributed by atoms with Gasteiger partial charge in [0.25, 0.3) is 20.4 Å². The smallest absolute Gasteiger partial charge is 0.284 e. The van der Waals surface area contributed by atoms with Gasteiger partial charge in [-0.1, -0.05) is 23.8 Å². The number of hydrogen-bond donors (Lipinski definition) is 1. The Morgan fingerprint density at radius 3 is 2.43 bits per heavy atom. The second-order valence-corrected chi connectivity index (χ2v) is 5.12. The molecule has 0 aliphatic heterocycles. The van der Waals surface area contributed by atoms with Crippen LogP contribution in [0.4, 0.5) is 0 Å². The molecule has 0 radical (unpaired) electrons. The molecule has 0 bridgehead atoms. The Morgan fingerprint density at radius 2 is 2.07 bits per heavy atom. The van der Waals surface area contributed by atoms with Crippen molar-refractivity contribution in [3.63, 3.8) is 0 Å². The van der Waals surface area contributed by atoms with Gasteiger partial charge in [-0.05, 0) is 12.2 Å². The van der Waals surface area contributed by atoms with Crippen molar-refractivity contribution in [3.05, 3.63) is 34.4 Å². The van der Waals surface area contributed by atoms with Gasteiger partial charge in [0.2, 0.25) is 0 Å². The average Bonchev–Trinajstić information content (AvgIpc) is 2.02. The third-order valence-electron chi connectivity index (χ3n) is 1.75. The second-order valence-electron chi connectivity index (χ2n) is 2.65. The van der Waals surface area contributed by atoms with Gasteiger partial charge in [0.15, 0.2) is 0 Å². The molecule has 0 saturated carbocycles. The van der Waals surface area contributed by atoms with E-state index in [1.165, 1.54) is 12.2 Å². The lowest BCUT2D eigenvalue weighted by Gasteiger charge is -2.22. The van der Waals surface area contributed by atoms with Crippen molar-refractivity contribution in [2.45, 2.75) is 10.2 Å². The van der Waals surface area contributed by atoms with Crippen LogP contribution < -0.4 is 0 Å². The maximum Gasteiger partial charge on any atom is 0.296 e. The first-order valence-corrected chi connectivity index (χ1v) is 5.26. The largest absolute Gasteiger partial charge is 0.296 e. The lowest BCUT2D eigenvalue weighted by Crippen LogP contribution is -2.46. The Balaban J connectivity index is 3.27. The fraction of sp³-hybridized carbons (Fsp3) is 0.333. The number of hydrogen-bond acceptors (Lipinski definition) is 4. The predicted molar refractivity (Wildman–Crippen MR) is 49.2 cm³/mol. The SMILES string of the molecule is O=[N+]([O-])C1C=CC=CC1(Cl)S(=O)(=O)O. The molecule has 0 heterocycles. The topological polar surface area (TPSA) is 97.5 Å². The molecule has 1 N–H and O–H groups in total. The summed E-state index contributed by atoms with van der Waals surface area (Å²) in [5.41, 5.74) is 0. The summed E-state index contributed by atoms with van der Waals surface area (Å²) in [6.07, 6.45) is 4.39. The van der Waals surface area contributed by atoms with Gasteiger partial charge >= 0.3 is 0 Å². The highest BCUT2D eigenvalue weighted by atomic mass is 35.5. The lowest BCUT2D eigenvalue weighted by molar-refractivity contribution is -0.509. The standard InChI is InChI=1S/C6H6ClNO5S/c7-6(14(11,12)13)4-2-1-3-5(6)8(9)10/h1-5H,(H,11,12,13). The van der Waals surface area contributed by atoms with Crippen LogP contribution >= 0.6 is 11.6 Å². The van der Waals surface area contributed by atoms with Crippen molar-refractivity contribution in [1.82, 2.24) is 0 Å². The number of nitro groups is 1. The van der Waals surface area contributed by atoms with E-state index >= 15 is 0 Å². The Bertz CT molecular complexity index is 414. The fourth-order valence-electron chi connectivity index (χ4n) is 1.04. The molecule has 0 fully saturated rings. The zero-order valence-corrected chi connectivity index (χ0v) is 8.27. The number of rotatable bonds is 2. The van der Waals surface area contributed by atoms with E-state index in [-0.39, 0.29) is 0 Å². The molecular weight excluding hydrogens is 234 g/mol. The summed E-state index contributed by atoms with van der Waals surface area (Å²) in [6, 6.07) is -1.69. The molecule has 0 aromatic heterocycles. The van der Waals surface area contributed by atoms with E-state index < -0.39 is 25.3 Å². The third kappa shape index (κ3) is 1.66. The minimum absolute atomic E-state index is 0.872. The molecule has 2 atom stereocenters. The molecule has 8 heteroatoms. The predicted octanol–water partition coefficient (Wildman–Crippen LogP) is 0.581. The Labute approximate surface area is 84.8 Å². The maximum absolute atomic E-state index is 10.9. The van der Waals surface area contributed by atoms with Gasteiger partial charge in [0.1, 0.15) is 0 Å². The van der Waals surface area contributed by atoms with E-state index in [4.69, 9.17) is 16.2 Å². The molecule has 6 nitrogen and oxygen atoms in total. The van der Waals surface area contributed by atoms with E-state index in [0.717, 1.165) is 12.2 Å².